The van der Waals surface area contributed by atoms with Crippen LogP contribution >= 0.6 is 0 Å². The second kappa shape index (κ2) is 7.84. The van der Waals surface area contributed by atoms with E-state index in [-0.39, 0.29) is 17.4 Å². The highest BCUT2D eigenvalue weighted by atomic mass is 19.4. The second-order valence-electron chi connectivity index (χ2n) is 6.22. The van der Waals surface area contributed by atoms with Crippen molar-refractivity contribution in [2.24, 2.45) is 5.92 Å². The highest BCUT2D eigenvalue weighted by Crippen LogP contribution is 2.39. The third-order valence-corrected chi connectivity index (χ3v) is 4.24. The van der Waals surface area contributed by atoms with E-state index in [4.69, 9.17) is 0 Å². The largest absolute Gasteiger partial charge is 0.573 e. The summed E-state index contributed by atoms with van der Waals surface area (Å²) in [5.74, 6) is -4.71. The van der Waals surface area contributed by atoms with Crippen LogP contribution in [0.2, 0.25) is 0 Å². The van der Waals surface area contributed by atoms with Crippen LogP contribution in [-0.2, 0) is 0 Å². The molecule has 146 valence electrons. The number of benzene rings is 1. The standard InChI is InChI=1S/C17H16F8O/c18-13-8-12(9-14(19)15(13)26-17(23,24)25)11-5-3-10(4-6-11)2-1-7-16(20,21)22/h1-2,8-11H,3-7H2/b2-1+. The Kier molecular flexibility index (Phi) is 6.18. The van der Waals surface area contributed by atoms with Gasteiger partial charge in [-0.2, -0.15) is 13.2 Å². The number of hydrogen-bond acceptors (Lipinski definition) is 1. The molecule has 0 unspecified atom stereocenters. The highest BCUT2D eigenvalue weighted by Gasteiger charge is 2.34. The molecular weight excluding hydrogens is 372 g/mol. The summed E-state index contributed by atoms with van der Waals surface area (Å²) >= 11 is 0. The van der Waals surface area contributed by atoms with E-state index in [1.54, 1.807) is 0 Å². The third-order valence-electron chi connectivity index (χ3n) is 4.24. The normalized spacial score (nSPS) is 22.0. The Morgan fingerprint density at radius 2 is 1.46 bits per heavy atom. The number of ether oxygens (including phenoxy) is 1. The van der Waals surface area contributed by atoms with Crippen LogP contribution in [-0.4, -0.2) is 12.5 Å². The van der Waals surface area contributed by atoms with Gasteiger partial charge in [0.25, 0.3) is 0 Å². The predicted octanol–water partition coefficient (Wildman–Crippen LogP) is 6.65. The van der Waals surface area contributed by atoms with E-state index in [2.05, 4.69) is 4.74 Å². The lowest BCUT2D eigenvalue weighted by Crippen LogP contribution is -2.19. The Hall–Kier alpha value is -1.80. The van der Waals surface area contributed by atoms with Gasteiger partial charge in [0.15, 0.2) is 11.6 Å². The van der Waals surface area contributed by atoms with Crippen molar-refractivity contribution < 1.29 is 39.9 Å². The first kappa shape index (κ1) is 20.5. The van der Waals surface area contributed by atoms with Crippen molar-refractivity contribution in [3.63, 3.8) is 0 Å². The fourth-order valence-electron chi connectivity index (χ4n) is 3.07. The maximum atomic E-state index is 13.8. The monoisotopic (exact) mass is 388 g/mol. The van der Waals surface area contributed by atoms with Crippen LogP contribution in [0.4, 0.5) is 35.1 Å². The molecule has 0 atom stereocenters. The van der Waals surface area contributed by atoms with E-state index in [1.165, 1.54) is 6.08 Å². The molecular formula is C17H16F8O. The lowest BCUT2D eigenvalue weighted by atomic mass is 9.78. The van der Waals surface area contributed by atoms with Crippen molar-refractivity contribution >= 4 is 0 Å². The van der Waals surface area contributed by atoms with E-state index in [9.17, 15) is 35.1 Å². The van der Waals surface area contributed by atoms with Gasteiger partial charge < -0.3 is 4.74 Å². The third kappa shape index (κ3) is 6.17. The number of rotatable bonds is 4. The SMILES string of the molecule is Fc1cc(C2CCC(/C=C/CC(F)(F)F)CC2)cc(F)c1OC(F)(F)F. The smallest absolute Gasteiger partial charge is 0.399 e. The molecule has 1 saturated carbocycles. The predicted molar refractivity (Wildman–Crippen MR) is 77.6 cm³/mol. The minimum Gasteiger partial charge on any atom is -0.399 e. The van der Waals surface area contributed by atoms with Crippen molar-refractivity contribution in [3.05, 3.63) is 41.5 Å². The first-order valence-electron chi connectivity index (χ1n) is 7.92. The van der Waals surface area contributed by atoms with E-state index in [0.29, 0.717) is 25.7 Å². The molecule has 0 spiro atoms. The number of alkyl halides is 6. The minimum absolute atomic E-state index is 0.0591. The molecule has 0 aromatic heterocycles. The topological polar surface area (TPSA) is 9.23 Å². The van der Waals surface area contributed by atoms with Gasteiger partial charge in [-0.05, 0) is 55.2 Å². The molecule has 9 heteroatoms. The number of allylic oxidation sites excluding steroid dienone is 2. The van der Waals surface area contributed by atoms with Gasteiger partial charge in [-0.3, -0.25) is 0 Å². The van der Waals surface area contributed by atoms with Crippen molar-refractivity contribution in [2.45, 2.75) is 50.6 Å². The van der Waals surface area contributed by atoms with E-state index in [0.717, 1.165) is 18.2 Å². The van der Waals surface area contributed by atoms with E-state index in [1.807, 2.05) is 0 Å². The van der Waals surface area contributed by atoms with Gasteiger partial charge >= 0.3 is 12.5 Å². The summed E-state index contributed by atoms with van der Waals surface area (Å²) in [7, 11) is 0. The molecule has 26 heavy (non-hydrogen) atoms. The van der Waals surface area contributed by atoms with Gasteiger partial charge in [0.05, 0.1) is 6.42 Å². The molecule has 1 aromatic rings. The zero-order valence-corrected chi connectivity index (χ0v) is 13.4. The Morgan fingerprint density at radius 1 is 0.923 bits per heavy atom. The molecule has 0 saturated heterocycles. The summed E-state index contributed by atoms with van der Waals surface area (Å²) in [5, 5.41) is 0. The fraction of sp³-hybridized carbons (Fsp3) is 0.529. The molecule has 0 N–H and O–H groups in total. The molecule has 0 bridgehead atoms. The van der Waals surface area contributed by atoms with Crippen molar-refractivity contribution in [1.82, 2.24) is 0 Å². The van der Waals surface area contributed by atoms with Crippen molar-refractivity contribution in [1.29, 1.82) is 0 Å². The van der Waals surface area contributed by atoms with Crippen molar-refractivity contribution in [3.8, 4) is 5.75 Å². The quantitative estimate of drug-likeness (QED) is 0.415. The molecule has 0 aliphatic heterocycles. The van der Waals surface area contributed by atoms with Gasteiger partial charge in [0.1, 0.15) is 0 Å². The zero-order valence-electron chi connectivity index (χ0n) is 13.4. The molecule has 0 heterocycles. The first-order valence-corrected chi connectivity index (χ1v) is 7.92. The number of halogens is 8. The highest BCUT2D eigenvalue weighted by molar-refractivity contribution is 5.33. The lowest BCUT2D eigenvalue weighted by molar-refractivity contribution is -0.276. The van der Waals surface area contributed by atoms with Crippen LogP contribution < -0.4 is 4.74 Å². The maximum Gasteiger partial charge on any atom is 0.573 e. The van der Waals surface area contributed by atoms with Gasteiger partial charge in [0, 0.05) is 0 Å². The summed E-state index contributed by atoms with van der Waals surface area (Å²) in [6.07, 6.45) is -5.92. The summed E-state index contributed by atoms with van der Waals surface area (Å²) in [6.45, 7) is 0. The van der Waals surface area contributed by atoms with Crippen LogP contribution in [0.3, 0.4) is 0 Å². The van der Waals surface area contributed by atoms with E-state index >= 15 is 0 Å². The van der Waals surface area contributed by atoms with Crippen LogP contribution in [0, 0.1) is 17.6 Å². The molecule has 0 amide bonds. The molecule has 1 nitrogen and oxygen atoms in total. The van der Waals surface area contributed by atoms with Crippen LogP contribution in [0.25, 0.3) is 0 Å². The second-order valence-corrected chi connectivity index (χ2v) is 6.22. The summed E-state index contributed by atoms with van der Waals surface area (Å²) in [4.78, 5) is 0. The zero-order chi connectivity index (χ0) is 19.5. The lowest BCUT2D eigenvalue weighted by Gasteiger charge is -2.27. The van der Waals surface area contributed by atoms with Crippen molar-refractivity contribution in [2.75, 3.05) is 0 Å². The Morgan fingerprint density at radius 3 is 1.92 bits per heavy atom. The Labute approximate surface area is 144 Å². The van der Waals surface area contributed by atoms with Crippen LogP contribution in [0.15, 0.2) is 24.3 Å². The average Bonchev–Trinajstić information content (AvgIpc) is 2.49. The fourth-order valence-corrected chi connectivity index (χ4v) is 3.07. The summed E-state index contributed by atoms with van der Waals surface area (Å²) in [6, 6.07) is 1.63. The van der Waals surface area contributed by atoms with Crippen LogP contribution in [0.1, 0.15) is 43.6 Å². The van der Waals surface area contributed by atoms with E-state index < -0.39 is 36.3 Å². The maximum absolute atomic E-state index is 13.8. The van der Waals surface area contributed by atoms with Crippen LogP contribution in [0.5, 0.6) is 5.75 Å². The Bertz CT molecular complexity index is 616. The summed E-state index contributed by atoms with van der Waals surface area (Å²) < 4.78 is 104. The number of hydrogen-bond donors (Lipinski definition) is 0. The molecule has 1 aliphatic carbocycles. The average molecular weight is 388 g/mol. The molecule has 1 aromatic carbocycles. The molecule has 1 fully saturated rings. The summed E-state index contributed by atoms with van der Waals surface area (Å²) in [5.41, 5.74) is 0.215. The molecule has 1 aliphatic rings. The molecule has 2 rings (SSSR count). The van der Waals surface area contributed by atoms with Gasteiger partial charge in [-0.15, -0.1) is 13.2 Å². The minimum atomic E-state index is -5.20. The Balaban J connectivity index is 1.99. The van der Waals surface area contributed by atoms with Gasteiger partial charge in [-0.25, -0.2) is 8.78 Å². The van der Waals surface area contributed by atoms with Gasteiger partial charge in [-0.1, -0.05) is 12.2 Å². The first-order chi connectivity index (χ1) is 11.9. The molecule has 0 radical (unpaired) electrons. The van der Waals surface area contributed by atoms with Gasteiger partial charge in [0.2, 0.25) is 5.75 Å².